The molecule has 2 N–H and O–H groups in total. The molecule has 1 aromatic heterocycles. The van der Waals surface area contributed by atoms with E-state index in [1.807, 2.05) is 55.5 Å². The summed E-state index contributed by atoms with van der Waals surface area (Å²) in [5, 5.41) is 12.3. The molecule has 1 amide bonds. The number of benzene rings is 3. The predicted octanol–water partition coefficient (Wildman–Crippen LogP) is 5.03. The summed E-state index contributed by atoms with van der Waals surface area (Å²) in [5.41, 5.74) is 4.05. The summed E-state index contributed by atoms with van der Waals surface area (Å²) in [4.78, 5) is 27.5. The van der Waals surface area contributed by atoms with Crippen LogP contribution >= 0.6 is 11.6 Å². The number of aliphatic imine (C=N–C) groups is 1. The number of aromatic amines is 1. The maximum atomic E-state index is 13.2. The van der Waals surface area contributed by atoms with Crippen molar-refractivity contribution in [3.63, 3.8) is 0 Å². The van der Waals surface area contributed by atoms with Crippen molar-refractivity contribution in [1.29, 1.82) is 0 Å². The lowest BCUT2D eigenvalue weighted by Gasteiger charge is -2.33. The van der Waals surface area contributed by atoms with Crippen molar-refractivity contribution in [2.45, 2.75) is 6.92 Å². The van der Waals surface area contributed by atoms with Gasteiger partial charge < -0.3 is 29.4 Å². The number of aromatic nitrogens is 1. The van der Waals surface area contributed by atoms with Crippen LogP contribution in [0.25, 0.3) is 10.9 Å². The van der Waals surface area contributed by atoms with Crippen LogP contribution in [-0.4, -0.2) is 84.6 Å². The lowest BCUT2D eigenvalue weighted by Crippen LogP contribution is -2.49. The summed E-state index contributed by atoms with van der Waals surface area (Å²) in [6.45, 7) is 6.84. The lowest BCUT2D eigenvalue weighted by atomic mass is 10.00. The van der Waals surface area contributed by atoms with Crippen molar-refractivity contribution < 1.29 is 19.4 Å². The fourth-order valence-electron chi connectivity index (χ4n) is 5.33. The maximum absolute atomic E-state index is 13.2. The van der Waals surface area contributed by atoms with Gasteiger partial charge in [-0.3, -0.25) is 9.69 Å². The SMILES string of the molecule is CCN(C(=O)CN1CCN(C)CC1)c1ccc(N=C(c2ccc3c(c2)OCO3)c2c(O)[nH]c3cc(Cl)ccc23)cc1. The average molecular weight is 574 g/mol. The van der Waals surface area contributed by atoms with Gasteiger partial charge >= 0.3 is 0 Å². The number of hydrogen-bond acceptors (Lipinski definition) is 7. The number of rotatable bonds is 7. The standard InChI is InChI=1S/C31H32ClN5O4/c1-3-37(28(38)18-36-14-12-35(2)13-15-36)23-8-6-22(7-9-23)33-30(20-4-11-26-27(16-20)41-19-40-26)29-24-10-5-21(32)17-25(24)34-31(29)39/h4-11,16-17,34,39H,3,12-15,18-19H2,1-2H3. The van der Waals surface area contributed by atoms with Gasteiger partial charge in [-0.25, -0.2) is 4.99 Å². The Bertz CT molecular complexity index is 1610. The molecular weight excluding hydrogens is 542 g/mol. The summed E-state index contributed by atoms with van der Waals surface area (Å²) in [5.74, 6) is 1.34. The monoisotopic (exact) mass is 573 g/mol. The molecule has 6 rings (SSSR count). The summed E-state index contributed by atoms with van der Waals surface area (Å²) in [6.07, 6.45) is 0. The molecule has 0 unspecified atom stereocenters. The van der Waals surface area contributed by atoms with Crippen LogP contribution in [0, 0.1) is 0 Å². The van der Waals surface area contributed by atoms with Crippen LogP contribution < -0.4 is 14.4 Å². The number of hydrogen-bond donors (Lipinski definition) is 2. The highest BCUT2D eigenvalue weighted by Gasteiger charge is 2.23. The number of H-pyrrole nitrogens is 1. The predicted molar refractivity (Wildman–Crippen MR) is 161 cm³/mol. The molecule has 0 aliphatic carbocycles. The van der Waals surface area contributed by atoms with Crippen molar-refractivity contribution in [1.82, 2.24) is 14.8 Å². The molecular formula is C31H32ClN5O4. The molecule has 3 heterocycles. The minimum atomic E-state index is -0.0121. The third kappa shape index (κ3) is 5.61. The van der Waals surface area contributed by atoms with Gasteiger partial charge in [0.05, 0.1) is 29.0 Å². The molecule has 212 valence electrons. The van der Waals surface area contributed by atoms with Gasteiger partial charge in [0.15, 0.2) is 17.4 Å². The molecule has 2 aliphatic rings. The first kappa shape index (κ1) is 27.1. The Kier molecular flexibility index (Phi) is 7.57. The zero-order valence-electron chi connectivity index (χ0n) is 23.1. The molecule has 10 heteroatoms. The number of amides is 1. The number of anilines is 1. The topological polar surface area (TPSA) is 93.6 Å². The smallest absolute Gasteiger partial charge is 0.241 e. The molecule has 0 spiro atoms. The van der Waals surface area contributed by atoms with Crippen LogP contribution in [0.2, 0.25) is 5.02 Å². The van der Waals surface area contributed by atoms with Crippen LogP contribution in [0.5, 0.6) is 17.4 Å². The molecule has 1 fully saturated rings. The first-order valence-electron chi connectivity index (χ1n) is 13.7. The van der Waals surface area contributed by atoms with E-state index < -0.39 is 0 Å². The first-order chi connectivity index (χ1) is 19.9. The number of carbonyl (C=O) groups excluding carboxylic acids is 1. The molecule has 0 radical (unpaired) electrons. The fourth-order valence-corrected chi connectivity index (χ4v) is 5.50. The summed E-state index contributed by atoms with van der Waals surface area (Å²) in [7, 11) is 2.11. The minimum absolute atomic E-state index is 0.0121. The highest BCUT2D eigenvalue weighted by Crippen LogP contribution is 2.37. The van der Waals surface area contributed by atoms with E-state index in [9.17, 15) is 9.90 Å². The Morgan fingerprint density at radius 3 is 2.54 bits per heavy atom. The summed E-state index contributed by atoms with van der Waals surface area (Å²) >= 11 is 6.21. The number of fused-ring (bicyclic) bond motifs is 2. The second kappa shape index (κ2) is 11.4. The van der Waals surface area contributed by atoms with E-state index in [0.717, 1.165) is 42.8 Å². The largest absolute Gasteiger partial charge is 0.494 e. The van der Waals surface area contributed by atoms with Gasteiger partial charge in [0.2, 0.25) is 12.7 Å². The third-order valence-corrected chi connectivity index (χ3v) is 7.83. The van der Waals surface area contributed by atoms with Crippen molar-refractivity contribution in [2.24, 2.45) is 4.99 Å². The molecule has 41 heavy (non-hydrogen) atoms. The summed E-state index contributed by atoms with van der Waals surface area (Å²) < 4.78 is 11.1. The molecule has 9 nitrogen and oxygen atoms in total. The number of carbonyl (C=O) groups is 1. The molecule has 2 aliphatic heterocycles. The number of halogens is 1. The van der Waals surface area contributed by atoms with Crippen molar-refractivity contribution in [3.05, 3.63) is 76.8 Å². The van der Waals surface area contributed by atoms with Crippen molar-refractivity contribution in [2.75, 3.05) is 58.0 Å². The van der Waals surface area contributed by atoms with E-state index in [-0.39, 0.29) is 18.6 Å². The zero-order valence-corrected chi connectivity index (χ0v) is 23.8. The quantitative estimate of drug-likeness (QED) is 0.301. The number of piperazine rings is 1. The number of aromatic hydroxyl groups is 1. The van der Waals surface area contributed by atoms with Crippen molar-refractivity contribution in [3.8, 4) is 17.4 Å². The minimum Gasteiger partial charge on any atom is -0.494 e. The zero-order chi connectivity index (χ0) is 28.5. The Labute approximate surface area is 243 Å². The number of likely N-dealkylation sites (N-methyl/N-ethyl adjacent to an activating group) is 2. The Morgan fingerprint density at radius 1 is 1.02 bits per heavy atom. The number of ether oxygens (including phenoxy) is 2. The number of nitrogens with zero attached hydrogens (tertiary/aromatic N) is 4. The maximum Gasteiger partial charge on any atom is 0.241 e. The van der Waals surface area contributed by atoms with E-state index in [1.165, 1.54) is 0 Å². The van der Waals surface area contributed by atoms with Crippen LogP contribution in [0.1, 0.15) is 18.1 Å². The van der Waals surface area contributed by atoms with Crippen LogP contribution in [0.15, 0.2) is 65.7 Å². The van der Waals surface area contributed by atoms with E-state index in [1.54, 1.807) is 17.0 Å². The molecule has 1 saturated heterocycles. The molecule has 0 atom stereocenters. The van der Waals surface area contributed by atoms with Crippen LogP contribution in [0.4, 0.5) is 11.4 Å². The van der Waals surface area contributed by atoms with E-state index >= 15 is 0 Å². The molecule has 3 aromatic carbocycles. The highest BCUT2D eigenvalue weighted by molar-refractivity contribution is 6.31. The van der Waals surface area contributed by atoms with E-state index in [4.69, 9.17) is 26.1 Å². The van der Waals surface area contributed by atoms with Crippen LogP contribution in [-0.2, 0) is 4.79 Å². The second-order valence-electron chi connectivity index (χ2n) is 10.3. The van der Waals surface area contributed by atoms with Crippen molar-refractivity contribution >= 4 is 45.5 Å². The summed E-state index contributed by atoms with van der Waals surface area (Å²) in [6, 6.07) is 18.6. The Hall–Kier alpha value is -4.05. The normalized spacial score (nSPS) is 15.9. The van der Waals surface area contributed by atoms with Gasteiger partial charge in [-0.05, 0) is 68.6 Å². The second-order valence-corrected chi connectivity index (χ2v) is 10.7. The van der Waals surface area contributed by atoms with Gasteiger partial charge in [-0.1, -0.05) is 17.7 Å². The Morgan fingerprint density at radius 2 is 1.78 bits per heavy atom. The fraction of sp³-hybridized carbons (Fsp3) is 0.290. The van der Waals surface area contributed by atoms with Gasteiger partial charge in [-0.2, -0.15) is 0 Å². The van der Waals surface area contributed by atoms with Gasteiger partial charge in [-0.15, -0.1) is 0 Å². The van der Waals surface area contributed by atoms with Crippen LogP contribution in [0.3, 0.4) is 0 Å². The highest BCUT2D eigenvalue weighted by atomic mass is 35.5. The van der Waals surface area contributed by atoms with E-state index in [2.05, 4.69) is 21.8 Å². The molecule has 4 aromatic rings. The molecule has 0 bridgehead atoms. The molecule has 0 saturated carbocycles. The Balaban J connectivity index is 1.33. The van der Waals surface area contributed by atoms with Gasteiger partial charge in [0.1, 0.15) is 0 Å². The third-order valence-electron chi connectivity index (χ3n) is 7.60. The van der Waals surface area contributed by atoms with E-state index in [0.29, 0.717) is 52.1 Å². The first-order valence-corrected chi connectivity index (χ1v) is 14.1. The number of nitrogens with one attached hydrogen (secondary N) is 1. The lowest BCUT2D eigenvalue weighted by molar-refractivity contribution is -0.120. The van der Waals surface area contributed by atoms with Gasteiger partial charge in [0.25, 0.3) is 0 Å². The average Bonchev–Trinajstić information content (AvgIpc) is 3.57. The van der Waals surface area contributed by atoms with Gasteiger partial charge in [0, 0.05) is 54.4 Å².